The monoisotopic (exact) mass is 814 g/mol. The molecule has 1 heterocycles. The van der Waals surface area contributed by atoms with Gasteiger partial charge in [0.1, 0.15) is 5.75 Å². The van der Waals surface area contributed by atoms with E-state index >= 15 is 0 Å². The number of nitrogens with one attached hydrogen (secondary N) is 1. The van der Waals surface area contributed by atoms with Crippen LogP contribution in [0.1, 0.15) is 46.3 Å². The number of fused-ring (bicyclic) bond motifs is 1. The summed E-state index contributed by atoms with van der Waals surface area (Å²) in [5.41, 5.74) is 7.86. The largest absolute Gasteiger partial charge is 0.496 e. The molecule has 0 aliphatic carbocycles. The lowest BCUT2D eigenvalue weighted by molar-refractivity contribution is -0.193. The maximum Gasteiger partial charge on any atom is 0.490 e. The minimum atomic E-state index is -5.08. The lowest BCUT2D eigenvalue weighted by Crippen LogP contribution is -2.52. The van der Waals surface area contributed by atoms with E-state index in [1.165, 1.54) is 4.90 Å². The van der Waals surface area contributed by atoms with Crippen molar-refractivity contribution in [3.05, 3.63) is 93.0 Å². The molecule has 0 bridgehead atoms. The molecule has 0 saturated heterocycles. The summed E-state index contributed by atoms with van der Waals surface area (Å²) in [5, 5.41) is 18.8. The highest BCUT2D eigenvalue weighted by Gasteiger charge is 2.53. The summed E-state index contributed by atoms with van der Waals surface area (Å²) in [5.74, 6) is -5.29. The van der Waals surface area contributed by atoms with Gasteiger partial charge in [-0.2, -0.15) is 26.3 Å². The molecule has 4 rings (SSSR count). The predicted octanol–water partition coefficient (Wildman–Crippen LogP) is 5.65. The summed E-state index contributed by atoms with van der Waals surface area (Å²) >= 11 is 13.2. The molecule has 0 fully saturated rings. The summed E-state index contributed by atoms with van der Waals surface area (Å²) in [7, 11) is 4.95. The number of carboxylic acids is 2. The van der Waals surface area contributed by atoms with Crippen LogP contribution in [0.25, 0.3) is 0 Å². The number of methoxy groups -OCH3 is 1. The van der Waals surface area contributed by atoms with Crippen LogP contribution in [0.5, 0.6) is 5.75 Å². The van der Waals surface area contributed by atoms with Gasteiger partial charge in [-0.15, -0.1) is 0 Å². The van der Waals surface area contributed by atoms with Gasteiger partial charge >= 0.3 is 24.3 Å². The van der Waals surface area contributed by atoms with Crippen LogP contribution in [0.2, 0.25) is 10.0 Å². The van der Waals surface area contributed by atoms with Crippen LogP contribution >= 0.6 is 23.2 Å². The summed E-state index contributed by atoms with van der Waals surface area (Å²) in [4.78, 5) is 48.1. The van der Waals surface area contributed by atoms with Gasteiger partial charge in [-0.1, -0.05) is 53.9 Å². The van der Waals surface area contributed by atoms with Gasteiger partial charge < -0.3 is 36.0 Å². The van der Waals surface area contributed by atoms with Crippen LogP contribution in [-0.2, 0) is 26.5 Å². The Bertz CT molecular complexity index is 1750. The van der Waals surface area contributed by atoms with Gasteiger partial charge in [0.15, 0.2) is 5.54 Å². The van der Waals surface area contributed by atoms with Crippen LogP contribution < -0.4 is 20.7 Å². The van der Waals surface area contributed by atoms with E-state index in [-0.39, 0.29) is 23.8 Å². The highest BCUT2D eigenvalue weighted by atomic mass is 35.5. The number of carboxylic acid groups (broad SMARTS) is 2. The van der Waals surface area contributed by atoms with E-state index in [2.05, 4.69) is 5.32 Å². The number of anilines is 1. The molecule has 12 nitrogen and oxygen atoms in total. The van der Waals surface area contributed by atoms with Crippen molar-refractivity contribution >= 4 is 52.6 Å². The van der Waals surface area contributed by atoms with Gasteiger partial charge in [-0.3, -0.25) is 14.9 Å². The first kappa shape index (κ1) is 47.4. The maximum atomic E-state index is 14.6. The first-order chi connectivity index (χ1) is 24.6. The smallest absolute Gasteiger partial charge is 0.490 e. The number of nitrogens with two attached hydrogens (primary N) is 1. The molecule has 7 N–H and O–H groups in total. The Morgan fingerprint density at radius 2 is 1.46 bits per heavy atom. The summed E-state index contributed by atoms with van der Waals surface area (Å²) in [6.45, 7) is 1.44. The van der Waals surface area contributed by atoms with Gasteiger partial charge in [-0.05, 0) is 62.3 Å². The number of hydrogen-bond donors (Lipinski definition) is 4. The third kappa shape index (κ3) is 11.9. The molecule has 1 aliphatic heterocycles. The number of carbonyl (C=O) groups excluding carboxylic acids is 2. The van der Waals surface area contributed by atoms with E-state index in [1.807, 2.05) is 36.4 Å². The Kier molecular flexibility index (Phi) is 17.7. The lowest BCUT2D eigenvalue weighted by atomic mass is 9.83. The number of rotatable bonds is 11. The van der Waals surface area contributed by atoms with Crippen molar-refractivity contribution in [1.29, 1.82) is 0 Å². The molecule has 3 aromatic rings. The topological polar surface area (TPSA) is 194 Å². The van der Waals surface area contributed by atoms with Gasteiger partial charge in [0.25, 0.3) is 11.8 Å². The third-order valence-corrected chi connectivity index (χ3v) is 8.09. The van der Waals surface area contributed by atoms with Crippen molar-refractivity contribution in [2.45, 2.75) is 43.7 Å². The molecular weight excluding hydrogens is 777 g/mol. The Morgan fingerprint density at radius 1 is 0.889 bits per heavy atom. The second kappa shape index (κ2) is 20.2. The molecule has 298 valence electrons. The van der Waals surface area contributed by atoms with Crippen molar-refractivity contribution < 1.29 is 65.9 Å². The zero-order valence-corrected chi connectivity index (χ0v) is 30.5. The minimum absolute atomic E-state index is 0. The van der Waals surface area contributed by atoms with Crippen LogP contribution in [0.15, 0.2) is 60.7 Å². The first-order valence-corrected chi connectivity index (χ1v) is 16.2. The van der Waals surface area contributed by atoms with E-state index in [0.29, 0.717) is 40.0 Å². The molecule has 1 unspecified atom stereocenters. The zero-order valence-electron chi connectivity index (χ0n) is 28.9. The molecule has 0 radical (unpaired) electrons. The summed E-state index contributed by atoms with van der Waals surface area (Å²) < 4.78 is 69.1. The highest BCUT2D eigenvalue weighted by Crippen LogP contribution is 2.48. The third-order valence-electron chi connectivity index (χ3n) is 7.52. The second-order valence-electron chi connectivity index (χ2n) is 11.4. The Morgan fingerprint density at radius 3 is 1.96 bits per heavy atom. The van der Waals surface area contributed by atoms with Gasteiger partial charge in [-0.25, -0.2) is 9.59 Å². The Labute approximate surface area is 315 Å². The van der Waals surface area contributed by atoms with E-state index in [0.717, 1.165) is 36.1 Å². The normalized spacial score (nSPS) is 14.7. The van der Waals surface area contributed by atoms with Crippen molar-refractivity contribution in [1.82, 2.24) is 10.2 Å². The fraction of sp³-hybridized carbons (Fsp3) is 0.353. The van der Waals surface area contributed by atoms with Gasteiger partial charge in [0, 0.05) is 46.4 Å². The molecule has 2 amide bonds. The number of ether oxygens (including phenoxy) is 1. The molecule has 1 aliphatic rings. The fourth-order valence-electron chi connectivity index (χ4n) is 5.08. The quantitative estimate of drug-likeness (QED) is 0.140. The number of carbonyl (C=O) groups is 4. The summed E-state index contributed by atoms with van der Waals surface area (Å²) in [6.07, 6.45) is -7.46. The first-order valence-electron chi connectivity index (χ1n) is 15.4. The number of nitrogens with zero attached hydrogens (tertiary/aromatic N) is 2. The average molecular weight is 816 g/mol. The number of aliphatic carboxylic acids is 2. The molecular formula is C34H38Cl2F6N4O8. The van der Waals surface area contributed by atoms with E-state index < -0.39 is 29.8 Å². The van der Waals surface area contributed by atoms with Crippen LogP contribution in [0.3, 0.4) is 0 Å². The van der Waals surface area contributed by atoms with E-state index in [9.17, 15) is 35.9 Å². The highest BCUT2D eigenvalue weighted by molar-refractivity contribution is 6.32. The standard InChI is InChI=1S/C30H34Cl2N4O3.2C2HF3O2.H2O/c1-35(2)28(37)20-11-12-21(27(17-20)39-3)19-36-26-14-13-22(31)18-24(26)30(29(36)38,34-16-8-4-7-15-33)23-9-5-6-10-25(23)32;2*3-2(4,5)1(6)7;/h5-6,9-14,17-18,34H,4,7-8,15-16,19,33H2,1-3H3;2*(H,6,7);1H2. The second-order valence-corrected chi connectivity index (χ2v) is 12.2. The number of amides is 2. The predicted molar refractivity (Wildman–Crippen MR) is 188 cm³/mol. The van der Waals surface area contributed by atoms with Crippen molar-refractivity contribution in [3.63, 3.8) is 0 Å². The summed E-state index contributed by atoms with van der Waals surface area (Å²) in [6, 6.07) is 18.2. The molecule has 1 atom stereocenters. The number of halogens is 8. The van der Waals surface area contributed by atoms with Crippen molar-refractivity contribution in [2.24, 2.45) is 5.73 Å². The van der Waals surface area contributed by atoms with E-state index in [1.54, 1.807) is 50.4 Å². The Balaban J connectivity index is 0.000000825. The number of benzene rings is 3. The molecule has 0 spiro atoms. The number of hydrogen-bond acceptors (Lipinski definition) is 7. The van der Waals surface area contributed by atoms with Crippen LogP contribution in [0, 0.1) is 0 Å². The molecule has 0 aromatic heterocycles. The zero-order chi connectivity index (χ0) is 40.3. The lowest BCUT2D eigenvalue weighted by Gasteiger charge is -2.32. The maximum absolute atomic E-state index is 14.6. The van der Waals surface area contributed by atoms with Crippen LogP contribution in [0.4, 0.5) is 32.0 Å². The van der Waals surface area contributed by atoms with Crippen molar-refractivity contribution in [2.75, 3.05) is 39.2 Å². The minimum Gasteiger partial charge on any atom is -0.496 e. The van der Waals surface area contributed by atoms with Crippen LogP contribution in [-0.4, -0.2) is 91.0 Å². The van der Waals surface area contributed by atoms with Crippen molar-refractivity contribution in [3.8, 4) is 5.75 Å². The molecule has 20 heteroatoms. The number of alkyl halides is 6. The Hall–Kier alpha value is -4.62. The van der Waals surface area contributed by atoms with Gasteiger partial charge in [0.2, 0.25) is 0 Å². The van der Waals surface area contributed by atoms with E-state index in [4.69, 9.17) is 53.5 Å². The SMILES string of the molecule is COc1cc(C(=O)N(C)C)ccc1CN1C(=O)C(NCCCCCN)(c2ccccc2Cl)c2cc(Cl)ccc21.O.O=C(O)C(F)(F)F.O=C(O)C(F)(F)F. The van der Waals surface area contributed by atoms with Gasteiger partial charge in [0.05, 0.1) is 19.3 Å². The molecule has 3 aromatic carbocycles. The molecule has 54 heavy (non-hydrogen) atoms. The fourth-order valence-corrected chi connectivity index (χ4v) is 5.53. The molecule has 0 saturated carbocycles. The average Bonchev–Trinajstić information content (AvgIpc) is 3.30. The number of unbranched alkanes of at least 4 members (excludes halogenated alkanes) is 2.